The normalized spacial score (nSPS) is 10.2. The average Bonchev–Trinajstić information content (AvgIpc) is 2.47. The van der Waals surface area contributed by atoms with Gasteiger partial charge in [-0.3, -0.25) is 9.59 Å². The van der Waals surface area contributed by atoms with E-state index in [-0.39, 0.29) is 18.4 Å². The quantitative estimate of drug-likeness (QED) is 0.599. The molecule has 0 aliphatic heterocycles. The Bertz CT molecular complexity index is 443. The molecule has 0 unspecified atom stereocenters. The number of benzene rings is 1. The molecule has 0 radical (unpaired) electrons. The van der Waals surface area contributed by atoms with E-state index < -0.39 is 0 Å². The lowest BCUT2D eigenvalue weighted by molar-refractivity contribution is -0.120. The number of hydrogen-bond donors (Lipinski definition) is 3. The smallest absolute Gasteiger partial charge is 0.251 e. The molecule has 1 aromatic rings. The largest absolute Gasteiger partial charge is 0.355 e. The van der Waals surface area contributed by atoms with E-state index in [1.165, 1.54) is 0 Å². The Morgan fingerprint density at radius 3 is 2.38 bits per heavy atom. The number of rotatable bonds is 9. The van der Waals surface area contributed by atoms with Crippen molar-refractivity contribution in [1.82, 2.24) is 16.0 Å². The average molecular weight is 291 g/mol. The molecular weight excluding hydrogens is 266 g/mol. The van der Waals surface area contributed by atoms with Gasteiger partial charge in [-0.15, -0.1) is 0 Å². The van der Waals surface area contributed by atoms with Crippen LogP contribution in [0.3, 0.4) is 0 Å². The summed E-state index contributed by atoms with van der Waals surface area (Å²) in [7, 11) is 0. The molecule has 1 aromatic carbocycles. The number of carbonyl (C=O) groups excluding carboxylic acids is 2. The van der Waals surface area contributed by atoms with E-state index in [9.17, 15) is 9.59 Å². The first-order valence-corrected chi connectivity index (χ1v) is 7.45. The van der Waals surface area contributed by atoms with Gasteiger partial charge in [0, 0.05) is 25.2 Å². The lowest BCUT2D eigenvalue weighted by Crippen LogP contribution is -2.38. The molecule has 0 spiro atoms. The van der Waals surface area contributed by atoms with E-state index in [2.05, 4.69) is 22.9 Å². The van der Waals surface area contributed by atoms with Crippen molar-refractivity contribution in [2.75, 3.05) is 26.2 Å². The van der Waals surface area contributed by atoms with Crippen molar-refractivity contribution in [2.24, 2.45) is 0 Å². The molecule has 116 valence electrons. The van der Waals surface area contributed by atoms with Gasteiger partial charge in [-0.2, -0.15) is 0 Å². The fourth-order valence-electron chi connectivity index (χ4n) is 1.74. The molecule has 0 heterocycles. The zero-order valence-corrected chi connectivity index (χ0v) is 12.9. The zero-order chi connectivity index (χ0) is 15.5. The van der Waals surface area contributed by atoms with Gasteiger partial charge in [-0.1, -0.05) is 31.0 Å². The number of nitrogens with one attached hydrogen (secondary N) is 3. The Hall–Kier alpha value is -1.88. The first kappa shape index (κ1) is 17.2. The van der Waals surface area contributed by atoms with Crippen molar-refractivity contribution < 1.29 is 9.59 Å². The lowest BCUT2D eigenvalue weighted by atomic mass is 10.1. The molecule has 3 N–H and O–H groups in total. The second-order valence-electron chi connectivity index (χ2n) is 5.00. The molecular formula is C16H25N3O2. The molecule has 0 saturated carbocycles. The molecule has 0 fully saturated rings. The van der Waals surface area contributed by atoms with Crippen molar-refractivity contribution in [2.45, 2.75) is 26.7 Å². The molecule has 0 saturated heterocycles. The van der Waals surface area contributed by atoms with Crippen molar-refractivity contribution >= 4 is 11.8 Å². The third kappa shape index (κ3) is 7.46. The molecule has 0 aliphatic rings. The number of carbonyl (C=O) groups is 2. The molecule has 2 amide bonds. The van der Waals surface area contributed by atoms with Gasteiger partial charge < -0.3 is 16.0 Å². The number of hydrogen-bond acceptors (Lipinski definition) is 3. The van der Waals surface area contributed by atoms with Crippen molar-refractivity contribution in [3.63, 3.8) is 0 Å². The summed E-state index contributed by atoms with van der Waals surface area (Å²) in [5.74, 6) is -0.0995. The lowest BCUT2D eigenvalue weighted by Gasteiger charge is -2.08. The highest BCUT2D eigenvalue weighted by Gasteiger charge is 2.04. The zero-order valence-electron chi connectivity index (χ0n) is 12.9. The summed E-state index contributed by atoms with van der Waals surface area (Å²) in [5, 5.41) is 8.64. The van der Waals surface area contributed by atoms with E-state index >= 15 is 0 Å². The van der Waals surface area contributed by atoms with Crippen LogP contribution in [0.25, 0.3) is 0 Å². The van der Waals surface area contributed by atoms with Gasteiger partial charge >= 0.3 is 0 Å². The maximum absolute atomic E-state index is 11.8. The van der Waals surface area contributed by atoms with E-state index in [0.717, 1.165) is 24.9 Å². The highest BCUT2D eigenvalue weighted by molar-refractivity contribution is 5.94. The minimum Gasteiger partial charge on any atom is -0.355 e. The molecule has 21 heavy (non-hydrogen) atoms. The van der Waals surface area contributed by atoms with Gasteiger partial charge in [0.05, 0.1) is 6.54 Å². The van der Waals surface area contributed by atoms with Crippen LogP contribution in [-0.4, -0.2) is 38.0 Å². The van der Waals surface area contributed by atoms with Gasteiger partial charge in [-0.25, -0.2) is 0 Å². The van der Waals surface area contributed by atoms with Crippen molar-refractivity contribution in [3.05, 3.63) is 35.4 Å². The van der Waals surface area contributed by atoms with Crippen LogP contribution in [-0.2, 0) is 4.79 Å². The van der Waals surface area contributed by atoms with E-state index in [4.69, 9.17) is 0 Å². The fourth-order valence-corrected chi connectivity index (χ4v) is 1.74. The van der Waals surface area contributed by atoms with E-state index in [1.807, 2.05) is 19.1 Å². The topological polar surface area (TPSA) is 70.2 Å². The third-order valence-electron chi connectivity index (χ3n) is 3.04. The van der Waals surface area contributed by atoms with Gasteiger partial charge in [-0.05, 0) is 25.5 Å². The molecule has 0 aromatic heterocycles. The molecule has 0 aliphatic carbocycles. The van der Waals surface area contributed by atoms with E-state index in [0.29, 0.717) is 18.7 Å². The van der Waals surface area contributed by atoms with Gasteiger partial charge in [0.25, 0.3) is 5.91 Å². The second kappa shape index (κ2) is 9.94. The summed E-state index contributed by atoms with van der Waals surface area (Å²) in [6.07, 6.45) is 2.07. The second-order valence-corrected chi connectivity index (χ2v) is 5.00. The molecule has 1 rings (SSSR count). The Labute approximate surface area is 126 Å². The summed E-state index contributed by atoms with van der Waals surface area (Å²) in [6.45, 7) is 6.14. The molecule has 5 nitrogen and oxygen atoms in total. The highest BCUT2D eigenvalue weighted by atomic mass is 16.2. The summed E-state index contributed by atoms with van der Waals surface area (Å²) in [4.78, 5) is 23.2. The van der Waals surface area contributed by atoms with Crippen molar-refractivity contribution in [3.8, 4) is 0 Å². The van der Waals surface area contributed by atoms with Crippen LogP contribution in [0.2, 0.25) is 0 Å². The Morgan fingerprint density at radius 2 is 1.71 bits per heavy atom. The van der Waals surface area contributed by atoms with Gasteiger partial charge in [0.15, 0.2) is 0 Å². The molecule has 0 atom stereocenters. The van der Waals surface area contributed by atoms with Gasteiger partial charge in [0.2, 0.25) is 5.91 Å². The SMILES string of the molecule is CCCCNC(=O)CNCCNC(=O)c1ccc(C)cc1. The predicted molar refractivity (Wildman–Crippen MR) is 84.3 cm³/mol. The number of aryl methyl sites for hydroxylation is 1. The molecule has 0 bridgehead atoms. The Kier molecular flexibility index (Phi) is 8.12. The van der Waals surface area contributed by atoms with Gasteiger partial charge in [0.1, 0.15) is 0 Å². The summed E-state index contributed by atoms with van der Waals surface area (Å²) < 4.78 is 0. The number of amides is 2. The summed E-state index contributed by atoms with van der Waals surface area (Å²) in [5.41, 5.74) is 1.78. The molecule has 5 heteroatoms. The summed E-state index contributed by atoms with van der Waals surface area (Å²) >= 11 is 0. The monoisotopic (exact) mass is 291 g/mol. The van der Waals surface area contributed by atoms with Crippen LogP contribution in [0.5, 0.6) is 0 Å². The maximum atomic E-state index is 11.8. The predicted octanol–water partition coefficient (Wildman–Crippen LogP) is 1.23. The standard InChI is InChI=1S/C16H25N3O2/c1-3-4-9-18-15(20)12-17-10-11-19-16(21)14-7-5-13(2)6-8-14/h5-8,17H,3-4,9-12H2,1-2H3,(H,18,20)(H,19,21). The summed E-state index contributed by atoms with van der Waals surface area (Å²) in [6, 6.07) is 7.43. The van der Waals surface area contributed by atoms with Crippen LogP contribution in [0.1, 0.15) is 35.7 Å². The first-order chi connectivity index (χ1) is 10.1. The van der Waals surface area contributed by atoms with Crippen LogP contribution in [0, 0.1) is 6.92 Å². The Morgan fingerprint density at radius 1 is 1.00 bits per heavy atom. The van der Waals surface area contributed by atoms with E-state index in [1.54, 1.807) is 12.1 Å². The van der Waals surface area contributed by atoms with Crippen LogP contribution >= 0.6 is 0 Å². The number of unbranched alkanes of at least 4 members (excludes halogenated alkanes) is 1. The van der Waals surface area contributed by atoms with Crippen LogP contribution in [0.4, 0.5) is 0 Å². The first-order valence-electron chi connectivity index (χ1n) is 7.45. The maximum Gasteiger partial charge on any atom is 0.251 e. The fraction of sp³-hybridized carbons (Fsp3) is 0.500. The third-order valence-corrected chi connectivity index (χ3v) is 3.04. The van der Waals surface area contributed by atoms with Crippen LogP contribution in [0.15, 0.2) is 24.3 Å². The highest BCUT2D eigenvalue weighted by Crippen LogP contribution is 2.02. The Balaban J connectivity index is 2.10. The minimum atomic E-state index is -0.0933. The minimum absolute atomic E-state index is 0.00619. The van der Waals surface area contributed by atoms with Crippen LogP contribution < -0.4 is 16.0 Å². The van der Waals surface area contributed by atoms with Crippen molar-refractivity contribution in [1.29, 1.82) is 0 Å².